The number of fused-ring (bicyclic) bond motifs is 1. The van der Waals surface area contributed by atoms with Gasteiger partial charge in [-0.1, -0.05) is 18.2 Å². The third-order valence-electron chi connectivity index (χ3n) is 5.37. The maximum absolute atomic E-state index is 12.9. The Morgan fingerprint density at radius 3 is 2.54 bits per heavy atom. The maximum atomic E-state index is 12.9. The Kier molecular flexibility index (Phi) is 4.12. The normalized spacial score (nSPS) is 20.7. The average Bonchev–Trinajstić information content (AvgIpc) is 3.17. The number of amides is 3. The average molecular weight is 375 g/mol. The summed E-state index contributed by atoms with van der Waals surface area (Å²) in [6.07, 6.45) is -0.0405. The maximum Gasteiger partial charge on any atom is 0.254 e. The van der Waals surface area contributed by atoms with Gasteiger partial charge in [0, 0.05) is 25.1 Å². The Morgan fingerprint density at radius 2 is 1.93 bits per heavy atom. The molecule has 2 aliphatic rings. The summed E-state index contributed by atoms with van der Waals surface area (Å²) >= 11 is 0. The van der Waals surface area contributed by atoms with Gasteiger partial charge in [0.05, 0.1) is 18.7 Å². The summed E-state index contributed by atoms with van der Waals surface area (Å²) in [5.74, 6) is -0.414. The van der Waals surface area contributed by atoms with Gasteiger partial charge in [-0.2, -0.15) is 5.26 Å². The van der Waals surface area contributed by atoms with E-state index in [0.717, 1.165) is 5.56 Å². The molecule has 4 rings (SSSR count). The lowest BCUT2D eigenvalue weighted by Crippen LogP contribution is -2.46. The highest BCUT2D eigenvalue weighted by Crippen LogP contribution is 2.36. The minimum atomic E-state index is -1.17. The molecule has 1 saturated heterocycles. The summed E-state index contributed by atoms with van der Waals surface area (Å²) < 4.78 is 5.19. The quantitative estimate of drug-likeness (QED) is 0.817. The first-order valence-electron chi connectivity index (χ1n) is 8.78. The van der Waals surface area contributed by atoms with Crippen molar-refractivity contribution in [2.24, 2.45) is 0 Å². The molecular weight excluding hydrogens is 358 g/mol. The number of hydrogen-bond acceptors (Lipinski definition) is 5. The van der Waals surface area contributed by atoms with E-state index < -0.39 is 11.3 Å². The van der Waals surface area contributed by atoms with Crippen LogP contribution < -0.4 is 10.1 Å². The van der Waals surface area contributed by atoms with Crippen molar-refractivity contribution in [3.8, 4) is 11.8 Å². The lowest BCUT2D eigenvalue weighted by atomic mass is 9.78. The third-order valence-corrected chi connectivity index (χ3v) is 5.37. The largest absolute Gasteiger partial charge is 0.497 e. The number of benzene rings is 2. The second kappa shape index (κ2) is 6.50. The SMILES string of the molecule is COc1ccc2c(c1)C(=O)N(C[C@@]1(c3ccc(C#N)cc3)CC(=O)NC1=O)C2. The Balaban J connectivity index is 1.70. The van der Waals surface area contributed by atoms with Gasteiger partial charge in [0.2, 0.25) is 11.8 Å². The Bertz CT molecular complexity index is 1040. The van der Waals surface area contributed by atoms with Gasteiger partial charge in [-0.25, -0.2) is 0 Å². The lowest BCUT2D eigenvalue weighted by Gasteiger charge is -2.31. The number of methoxy groups -OCH3 is 1. The fourth-order valence-electron chi connectivity index (χ4n) is 3.88. The highest BCUT2D eigenvalue weighted by Gasteiger charge is 2.50. The van der Waals surface area contributed by atoms with Crippen molar-refractivity contribution < 1.29 is 19.1 Å². The number of nitriles is 1. The van der Waals surface area contributed by atoms with Crippen LogP contribution in [0.1, 0.15) is 33.5 Å². The molecule has 0 aliphatic carbocycles. The number of imide groups is 1. The molecule has 0 spiro atoms. The molecule has 1 N–H and O–H groups in total. The van der Waals surface area contributed by atoms with E-state index in [4.69, 9.17) is 10.00 Å². The zero-order chi connectivity index (χ0) is 19.9. The van der Waals surface area contributed by atoms with Gasteiger partial charge >= 0.3 is 0 Å². The summed E-state index contributed by atoms with van der Waals surface area (Å²) in [5, 5.41) is 11.4. The predicted molar refractivity (Wildman–Crippen MR) is 98.3 cm³/mol. The number of ether oxygens (including phenoxy) is 1. The van der Waals surface area contributed by atoms with E-state index in [-0.39, 0.29) is 24.8 Å². The van der Waals surface area contributed by atoms with Crippen molar-refractivity contribution in [1.29, 1.82) is 5.26 Å². The van der Waals surface area contributed by atoms with Gasteiger partial charge in [-0.15, -0.1) is 0 Å². The van der Waals surface area contributed by atoms with Crippen molar-refractivity contribution >= 4 is 17.7 Å². The van der Waals surface area contributed by atoms with E-state index in [1.807, 2.05) is 12.1 Å². The monoisotopic (exact) mass is 375 g/mol. The lowest BCUT2D eigenvalue weighted by molar-refractivity contribution is -0.126. The smallest absolute Gasteiger partial charge is 0.254 e. The van der Waals surface area contributed by atoms with Gasteiger partial charge in [0.15, 0.2) is 0 Å². The topological polar surface area (TPSA) is 99.5 Å². The Labute approximate surface area is 161 Å². The van der Waals surface area contributed by atoms with Crippen LogP contribution in [-0.4, -0.2) is 36.3 Å². The molecule has 2 aliphatic heterocycles. The van der Waals surface area contributed by atoms with Crippen LogP contribution >= 0.6 is 0 Å². The molecule has 0 unspecified atom stereocenters. The fourth-order valence-corrected chi connectivity index (χ4v) is 3.88. The molecule has 7 heteroatoms. The minimum Gasteiger partial charge on any atom is -0.497 e. The highest BCUT2D eigenvalue weighted by molar-refractivity contribution is 6.10. The molecule has 3 amide bonds. The van der Waals surface area contributed by atoms with Crippen molar-refractivity contribution in [3.05, 3.63) is 64.7 Å². The number of carbonyl (C=O) groups is 3. The summed E-state index contributed by atoms with van der Waals surface area (Å²) in [6.45, 7) is 0.434. The first kappa shape index (κ1) is 17.7. The van der Waals surface area contributed by atoms with Gasteiger partial charge in [-0.3, -0.25) is 19.7 Å². The Hall–Kier alpha value is -3.66. The Morgan fingerprint density at radius 1 is 1.18 bits per heavy atom. The minimum absolute atomic E-state index is 0.0405. The summed E-state index contributed by atoms with van der Waals surface area (Å²) in [5.41, 5.74) is 1.29. The molecule has 7 nitrogen and oxygen atoms in total. The molecule has 28 heavy (non-hydrogen) atoms. The van der Waals surface area contributed by atoms with Gasteiger partial charge in [0.25, 0.3) is 5.91 Å². The van der Waals surface area contributed by atoms with E-state index >= 15 is 0 Å². The molecule has 140 valence electrons. The molecular formula is C21H17N3O4. The molecule has 0 bridgehead atoms. The van der Waals surface area contributed by atoms with E-state index in [2.05, 4.69) is 5.32 Å². The zero-order valence-corrected chi connectivity index (χ0v) is 15.2. The van der Waals surface area contributed by atoms with E-state index in [9.17, 15) is 14.4 Å². The first-order valence-corrected chi connectivity index (χ1v) is 8.78. The van der Waals surface area contributed by atoms with Crippen molar-refractivity contribution in [3.63, 3.8) is 0 Å². The van der Waals surface area contributed by atoms with Crippen LogP contribution in [0, 0.1) is 11.3 Å². The first-order chi connectivity index (χ1) is 13.5. The van der Waals surface area contributed by atoms with Crippen molar-refractivity contribution in [2.45, 2.75) is 18.4 Å². The van der Waals surface area contributed by atoms with Crippen LogP contribution in [0.15, 0.2) is 42.5 Å². The fraction of sp³-hybridized carbons (Fsp3) is 0.238. The standard InChI is InChI=1S/C21H17N3O4/c1-28-16-7-4-14-11-24(19(26)17(14)8-16)12-21(9-18(25)23-20(21)27)15-5-2-13(10-22)3-6-15/h2-8H,9,11-12H2,1H3,(H,23,25,27)/t21-/m1/s1. The highest BCUT2D eigenvalue weighted by atomic mass is 16.5. The summed E-state index contributed by atoms with van der Waals surface area (Å²) in [6, 6.07) is 13.9. The molecule has 0 saturated carbocycles. The zero-order valence-electron chi connectivity index (χ0n) is 15.2. The van der Waals surface area contributed by atoms with Crippen LogP contribution in [-0.2, 0) is 21.5 Å². The van der Waals surface area contributed by atoms with Crippen LogP contribution in [0.25, 0.3) is 0 Å². The number of rotatable bonds is 4. The number of carbonyl (C=O) groups excluding carboxylic acids is 3. The second-order valence-corrected chi connectivity index (χ2v) is 7.01. The molecule has 2 heterocycles. The van der Waals surface area contributed by atoms with Crippen LogP contribution in [0.5, 0.6) is 5.75 Å². The third kappa shape index (κ3) is 2.70. The number of hydrogen-bond donors (Lipinski definition) is 1. The van der Waals surface area contributed by atoms with E-state index in [1.54, 1.807) is 41.3 Å². The van der Waals surface area contributed by atoms with E-state index in [1.165, 1.54) is 7.11 Å². The second-order valence-electron chi connectivity index (χ2n) is 7.01. The van der Waals surface area contributed by atoms with Gasteiger partial charge < -0.3 is 9.64 Å². The molecule has 2 aromatic carbocycles. The van der Waals surface area contributed by atoms with Crippen LogP contribution in [0.4, 0.5) is 0 Å². The van der Waals surface area contributed by atoms with E-state index in [0.29, 0.717) is 29.0 Å². The van der Waals surface area contributed by atoms with Crippen LogP contribution in [0.2, 0.25) is 0 Å². The summed E-state index contributed by atoms with van der Waals surface area (Å²) in [7, 11) is 1.54. The molecule has 0 radical (unpaired) electrons. The molecule has 1 atom stereocenters. The molecule has 1 fully saturated rings. The van der Waals surface area contributed by atoms with Crippen molar-refractivity contribution in [2.75, 3.05) is 13.7 Å². The summed E-state index contributed by atoms with van der Waals surface area (Å²) in [4.78, 5) is 39.3. The molecule has 2 aromatic rings. The van der Waals surface area contributed by atoms with Gasteiger partial charge in [0.1, 0.15) is 11.2 Å². The molecule has 0 aromatic heterocycles. The number of nitrogens with one attached hydrogen (secondary N) is 1. The predicted octanol–water partition coefficient (Wildman–Crippen LogP) is 1.51. The van der Waals surface area contributed by atoms with Crippen molar-refractivity contribution in [1.82, 2.24) is 10.2 Å². The number of nitrogens with zero attached hydrogens (tertiary/aromatic N) is 2. The van der Waals surface area contributed by atoms with Gasteiger partial charge in [-0.05, 0) is 35.4 Å². The van der Waals surface area contributed by atoms with Crippen LogP contribution in [0.3, 0.4) is 0 Å².